The average Bonchev–Trinajstić information content (AvgIpc) is 2.33. The van der Waals surface area contributed by atoms with Gasteiger partial charge in [0.05, 0.1) is 16.9 Å². The van der Waals surface area contributed by atoms with Gasteiger partial charge >= 0.3 is 0 Å². The third-order valence-corrected chi connectivity index (χ3v) is 3.23. The van der Waals surface area contributed by atoms with Crippen LogP contribution in [0.3, 0.4) is 0 Å². The Bertz CT molecular complexity index is 666. The number of benzene rings is 2. The van der Waals surface area contributed by atoms with Crippen molar-refractivity contribution in [3.05, 3.63) is 51.7 Å². The molecule has 1 amide bonds. The summed E-state index contributed by atoms with van der Waals surface area (Å²) in [4.78, 5) is 12.1. The Labute approximate surface area is 123 Å². The summed E-state index contributed by atoms with van der Waals surface area (Å²) in [5.74, 6) is -1.59. The second-order valence-corrected chi connectivity index (χ2v) is 5.22. The first kappa shape index (κ1) is 14.3. The highest BCUT2D eigenvalue weighted by molar-refractivity contribution is 9.10. The number of aryl methyl sites for hydroxylation is 1. The summed E-state index contributed by atoms with van der Waals surface area (Å²) < 4.78 is 13.7. The maximum Gasteiger partial charge on any atom is 0.259 e. The molecule has 0 spiro atoms. The van der Waals surface area contributed by atoms with E-state index >= 15 is 0 Å². The molecule has 0 saturated heterocycles. The molecule has 6 heteroatoms. The number of carbonyl (C=O) groups is 1. The molecule has 4 nitrogen and oxygen atoms in total. The summed E-state index contributed by atoms with van der Waals surface area (Å²) >= 11 is 3.30. The van der Waals surface area contributed by atoms with Crippen molar-refractivity contribution in [3.63, 3.8) is 0 Å². The number of aromatic hydroxyl groups is 1. The molecule has 2 rings (SSSR count). The lowest BCUT2D eigenvalue weighted by Crippen LogP contribution is -2.14. The zero-order valence-corrected chi connectivity index (χ0v) is 12.2. The Morgan fingerprint density at radius 3 is 2.65 bits per heavy atom. The van der Waals surface area contributed by atoms with Crippen molar-refractivity contribution >= 4 is 33.2 Å². The third-order valence-electron chi connectivity index (χ3n) is 2.77. The lowest BCUT2D eigenvalue weighted by atomic mass is 10.1. The van der Waals surface area contributed by atoms with Crippen LogP contribution in [0.2, 0.25) is 0 Å². The van der Waals surface area contributed by atoms with Gasteiger partial charge in [0.2, 0.25) is 0 Å². The normalized spacial score (nSPS) is 10.3. The SMILES string of the molecule is Cc1cc(Br)cc(N)c1NC(=O)c1ccc(F)cc1O. The van der Waals surface area contributed by atoms with Crippen molar-refractivity contribution in [3.8, 4) is 5.75 Å². The number of nitrogens with one attached hydrogen (secondary N) is 1. The summed E-state index contributed by atoms with van der Waals surface area (Å²) in [6.45, 7) is 1.79. The predicted molar refractivity (Wildman–Crippen MR) is 79.3 cm³/mol. The summed E-state index contributed by atoms with van der Waals surface area (Å²) in [7, 11) is 0. The van der Waals surface area contributed by atoms with E-state index in [0.717, 1.165) is 22.2 Å². The van der Waals surface area contributed by atoms with Crippen molar-refractivity contribution in [1.29, 1.82) is 0 Å². The van der Waals surface area contributed by atoms with Gasteiger partial charge in [-0.3, -0.25) is 4.79 Å². The first-order valence-corrected chi connectivity index (χ1v) is 6.53. The van der Waals surface area contributed by atoms with Crippen LogP contribution in [0.1, 0.15) is 15.9 Å². The smallest absolute Gasteiger partial charge is 0.259 e. The highest BCUT2D eigenvalue weighted by Gasteiger charge is 2.14. The molecule has 2 aromatic carbocycles. The van der Waals surface area contributed by atoms with Crippen LogP contribution in [0.15, 0.2) is 34.8 Å². The quantitative estimate of drug-likeness (QED) is 0.734. The molecule has 20 heavy (non-hydrogen) atoms. The molecule has 0 aliphatic carbocycles. The van der Waals surface area contributed by atoms with E-state index in [0.29, 0.717) is 11.4 Å². The molecule has 0 bridgehead atoms. The first-order chi connectivity index (χ1) is 9.38. The van der Waals surface area contributed by atoms with Gasteiger partial charge in [-0.05, 0) is 36.8 Å². The Morgan fingerprint density at radius 1 is 1.35 bits per heavy atom. The number of nitrogens with two attached hydrogens (primary N) is 1. The maximum atomic E-state index is 12.9. The van der Waals surface area contributed by atoms with Crippen LogP contribution in [-0.4, -0.2) is 11.0 Å². The number of rotatable bonds is 2. The van der Waals surface area contributed by atoms with E-state index in [1.54, 1.807) is 19.1 Å². The van der Waals surface area contributed by atoms with Gasteiger partial charge in [0.25, 0.3) is 5.91 Å². The second-order valence-electron chi connectivity index (χ2n) is 4.30. The van der Waals surface area contributed by atoms with Gasteiger partial charge in [-0.2, -0.15) is 0 Å². The van der Waals surface area contributed by atoms with Crippen LogP contribution in [0.5, 0.6) is 5.75 Å². The predicted octanol–water partition coefficient (Wildman–Crippen LogP) is 3.44. The lowest BCUT2D eigenvalue weighted by molar-refractivity contribution is 0.102. The molecule has 0 aliphatic rings. The van der Waals surface area contributed by atoms with Crippen LogP contribution in [0, 0.1) is 12.7 Å². The minimum absolute atomic E-state index is 0.0203. The van der Waals surface area contributed by atoms with Crippen LogP contribution in [-0.2, 0) is 0 Å². The summed E-state index contributed by atoms with van der Waals surface area (Å²) in [5, 5.41) is 12.2. The monoisotopic (exact) mass is 338 g/mol. The third kappa shape index (κ3) is 2.91. The van der Waals surface area contributed by atoms with Crippen LogP contribution in [0.25, 0.3) is 0 Å². The number of anilines is 2. The van der Waals surface area contributed by atoms with Crippen molar-refractivity contribution in [2.75, 3.05) is 11.1 Å². The van der Waals surface area contributed by atoms with E-state index in [2.05, 4.69) is 21.2 Å². The Morgan fingerprint density at radius 2 is 2.05 bits per heavy atom. The number of phenolic OH excluding ortho intramolecular Hbond substituents is 1. The Hall–Kier alpha value is -2.08. The summed E-state index contributed by atoms with van der Waals surface area (Å²) in [6.07, 6.45) is 0. The van der Waals surface area contributed by atoms with Crippen LogP contribution < -0.4 is 11.1 Å². The van der Waals surface area contributed by atoms with Gasteiger partial charge < -0.3 is 16.2 Å². The van der Waals surface area contributed by atoms with Crippen molar-refractivity contribution in [2.24, 2.45) is 0 Å². The topological polar surface area (TPSA) is 75.3 Å². The van der Waals surface area contributed by atoms with Gasteiger partial charge in [0.1, 0.15) is 11.6 Å². The van der Waals surface area contributed by atoms with Crippen LogP contribution in [0.4, 0.5) is 15.8 Å². The Balaban J connectivity index is 2.33. The number of hydrogen-bond donors (Lipinski definition) is 3. The molecule has 0 saturated carbocycles. The fourth-order valence-electron chi connectivity index (χ4n) is 1.82. The van der Waals surface area contributed by atoms with Crippen molar-refractivity contribution in [2.45, 2.75) is 6.92 Å². The van der Waals surface area contributed by atoms with Gasteiger partial charge in [-0.1, -0.05) is 15.9 Å². The molecule has 0 fully saturated rings. The number of nitrogen functional groups attached to an aromatic ring is 1. The van der Waals surface area contributed by atoms with E-state index in [-0.39, 0.29) is 5.56 Å². The van der Waals surface area contributed by atoms with Gasteiger partial charge in [0.15, 0.2) is 0 Å². The number of hydrogen-bond acceptors (Lipinski definition) is 3. The fourth-order valence-corrected chi connectivity index (χ4v) is 2.41. The molecule has 104 valence electrons. The standard InChI is InChI=1S/C14H12BrFN2O2/c1-7-4-8(15)5-11(17)13(7)18-14(20)10-3-2-9(16)6-12(10)19/h2-6,19H,17H2,1H3,(H,18,20). The van der Waals surface area contributed by atoms with Crippen LogP contribution >= 0.6 is 15.9 Å². The molecule has 4 N–H and O–H groups in total. The lowest BCUT2D eigenvalue weighted by Gasteiger charge is -2.12. The van der Waals surface area contributed by atoms with E-state index in [1.165, 1.54) is 6.07 Å². The number of amides is 1. The van der Waals surface area contributed by atoms with Crippen molar-refractivity contribution < 1.29 is 14.3 Å². The molecule has 0 atom stereocenters. The molecule has 2 aromatic rings. The molecule has 0 aromatic heterocycles. The number of phenols is 1. The first-order valence-electron chi connectivity index (χ1n) is 5.74. The average molecular weight is 339 g/mol. The molecule has 0 radical (unpaired) electrons. The minimum atomic E-state index is -0.613. The molecule has 0 unspecified atom stereocenters. The van der Waals surface area contributed by atoms with E-state index in [4.69, 9.17) is 5.73 Å². The highest BCUT2D eigenvalue weighted by atomic mass is 79.9. The highest BCUT2D eigenvalue weighted by Crippen LogP contribution is 2.29. The molecule has 0 heterocycles. The zero-order chi connectivity index (χ0) is 14.9. The van der Waals surface area contributed by atoms with Gasteiger partial charge in [-0.15, -0.1) is 0 Å². The largest absolute Gasteiger partial charge is 0.507 e. The number of carbonyl (C=O) groups excluding carboxylic acids is 1. The fraction of sp³-hybridized carbons (Fsp3) is 0.0714. The van der Waals surface area contributed by atoms with E-state index in [1.807, 2.05) is 0 Å². The second kappa shape index (κ2) is 5.50. The molecular weight excluding hydrogens is 327 g/mol. The van der Waals surface area contributed by atoms with Gasteiger partial charge in [0, 0.05) is 10.5 Å². The zero-order valence-electron chi connectivity index (χ0n) is 10.6. The minimum Gasteiger partial charge on any atom is -0.507 e. The Kier molecular flexibility index (Phi) is 3.94. The summed E-state index contributed by atoms with van der Waals surface area (Å²) in [5.41, 5.74) is 7.45. The molecular formula is C14H12BrFN2O2. The van der Waals surface area contributed by atoms with E-state index < -0.39 is 17.5 Å². The maximum absolute atomic E-state index is 12.9. The van der Waals surface area contributed by atoms with Gasteiger partial charge in [-0.25, -0.2) is 4.39 Å². The van der Waals surface area contributed by atoms with E-state index in [9.17, 15) is 14.3 Å². The number of halogens is 2. The summed E-state index contributed by atoms with van der Waals surface area (Å²) in [6, 6.07) is 6.66. The molecule has 0 aliphatic heterocycles. The van der Waals surface area contributed by atoms with Crippen molar-refractivity contribution in [1.82, 2.24) is 0 Å².